The summed E-state index contributed by atoms with van der Waals surface area (Å²) in [6, 6.07) is 0. The number of methoxy groups -OCH3 is 1. The van der Waals surface area contributed by atoms with Gasteiger partial charge >= 0.3 is 5.82 Å². The van der Waals surface area contributed by atoms with Gasteiger partial charge in [-0.05, 0) is 21.7 Å². The Morgan fingerprint density at radius 2 is 2.21 bits per heavy atom. The topological polar surface area (TPSA) is 122 Å². The van der Waals surface area contributed by atoms with Gasteiger partial charge in [0.15, 0.2) is 5.03 Å². The maximum Gasteiger partial charge on any atom is 0.396 e. The average Bonchev–Trinajstić information content (AvgIpc) is 2.74. The predicted molar refractivity (Wildman–Crippen MR) is 67.0 cm³/mol. The van der Waals surface area contributed by atoms with Gasteiger partial charge in [0.2, 0.25) is 12.2 Å². The SMILES string of the molecule is COc1ncnc(Sc2c([N+](=O)[O-])ncn2C)c1N. The van der Waals surface area contributed by atoms with Crippen LogP contribution in [0.15, 0.2) is 22.7 Å². The number of imidazole rings is 1. The predicted octanol–water partition coefficient (Wildman–Crippen LogP) is 0.860. The molecule has 0 aliphatic rings. The van der Waals surface area contributed by atoms with Crippen LogP contribution in [-0.4, -0.2) is 31.6 Å². The van der Waals surface area contributed by atoms with Crippen molar-refractivity contribution in [2.45, 2.75) is 10.1 Å². The Bertz CT molecular complexity index is 628. The van der Waals surface area contributed by atoms with Crippen molar-refractivity contribution in [1.29, 1.82) is 0 Å². The molecule has 2 aromatic heterocycles. The van der Waals surface area contributed by atoms with Gasteiger partial charge in [-0.25, -0.2) is 4.98 Å². The molecule has 19 heavy (non-hydrogen) atoms. The molecule has 0 fully saturated rings. The van der Waals surface area contributed by atoms with Gasteiger partial charge in [0.25, 0.3) is 0 Å². The standard InChI is InChI=1S/C9H10N6O3S/c1-14-4-13-6(15(16)17)9(14)19-8-5(10)7(18-2)11-3-12-8/h3-4H,10H2,1-2H3. The van der Waals surface area contributed by atoms with Crippen molar-refractivity contribution < 1.29 is 9.66 Å². The normalized spacial score (nSPS) is 10.4. The number of hydrogen-bond donors (Lipinski definition) is 1. The van der Waals surface area contributed by atoms with Gasteiger partial charge in [0.1, 0.15) is 17.0 Å². The van der Waals surface area contributed by atoms with Gasteiger partial charge in [0.05, 0.1) is 7.11 Å². The first kappa shape index (κ1) is 13.1. The first-order valence-corrected chi connectivity index (χ1v) is 5.84. The van der Waals surface area contributed by atoms with Crippen LogP contribution >= 0.6 is 11.8 Å². The summed E-state index contributed by atoms with van der Waals surface area (Å²) in [5.41, 5.74) is 6.04. The molecule has 0 spiro atoms. The number of nitro groups is 1. The van der Waals surface area contributed by atoms with E-state index in [0.717, 1.165) is 11.8 Å². The average molecular weight is 282 g/mol. The lowest BCUT2D eigenvalue weighted by molar-refractivity contribution is -0.392. The molecule has 0 aliphatic heterocycles. The van der Waals surface area contributed by atoms with Gasteiger partial charge < -0.3 is 25.2 Å². The third-order valence-electron chi connectivity index (χ3n) is 2.24. The van der Waals surface area contributed by atoms with Crippen LogP contribution < -0.4 is 10.5 Å². The second-order valence-corrected chi connectivity index (χ2v) is 4.42. The van der Waals surface area contributed by atoms with Crippen molar-refractivity contribution in [3.8, 4) is 5.88 Å². The molecule has 0 aromatic carbocycles. The van der Waals surface area contributed by atoms with Crippen LogP contribution in [0.3, 0.4) is 0 Å². The summed E-state index contributed by atoms with van der Waals surface area (Å²) >= 11 is 1.03. The number of aromatic nitrogens is 4. The summed E-state index contributed by atoms with van der Waals surface area (Å²) in [4.78, 5) is 21.8. The monoisotopic (exact) mass is 282 g/mol. The molecule has 0 saturated carbocycles. The highest BCUT2D eigenvalue weighted by Gasteiger charge is 2.23. The van der Waals surface area contributed by atoms with Crippen LogP contribution in [0.4, 0.5) is 11.5 Å². The van der Waals surface area contributed by atoms with Crippen LogP contribution in [0.25, 0.3) is 0 Å². The summed E-state index contributed by atoms with van der Waals surface area (Å²) in [6.45, 7) is 0. The Morgan fingerprint density at radius 3 is 2.84 bits per heavy atom. The summed E-state index contributed by atoms with van der Waals surface area (Å²) in [6.07, 6.45) is 2.63. The lowest BCUT2D eigenvalue weighted by Crippen LogP contribution is -2.00. The number of nitrogens with zero attached hydrogens (tertiary/aromatic N) is 5. The number of nitrogens with two attached hydrogens (primary N) is 1. The van der Waals surface area contributed by atoms with E-state index in [1.54, 1.807) is 7.05 Å². The van der Waals surface area contributed by atoms with E-state index in [-0.39, 0.29) is 17.4 Å². The molecule has 2 aromatic rings. The highest BCUT2D eigenvalue weighted by molar-refractivity contribution is 7.99. The zero-order valence-electron chi connectivity index (χ0n) is 10.1. The molecule has 2 N–H and O–H groups in total. The minimum Gasteiger partial charge on any atom is -0.479 e. The number of rotatable bonds is 4. The van der Waals surface area contributed by atoms with Gasteiger partial charge in [-0.15, -0.1) is 0 Å². The second-order valence-electron chi connectivity index (χ2n) is 3.45. The van der Waals surface area contributed by atoms with Crippen LogP contribution in [0.1, 0.15) is 0 Å². The molecule has 0 radical (unpaired) electrons. The fourth-order valence-electron chi connectivity index (χ4n) is 1.35. The maximum atomic E-state index is 10.9. The summed E-state index contributed by atoms with van der Waals surface area (Å²) in [5, 5.41) is 11.6. The van der Waals surface area contributed by atoms with Crippen LogP contribution in [-0.2, 0) is 7.05 Å². The summed E-state index contributed by atoms with van der Waals surface area (Å²) in [7, 11) is 3.08. The zero-order chi connectivity index (χ0) is 14.0. The number of ether oxygens (including phenoxy) is 1. The van der Waals surface area contributed by atoms with E-state index in [4.69, 9.17) is 10.5 Å². The van der Waals surface area contributed by atoms with E-state index in [9.17, 15) is 10.1 Å². The van der Waals surface area contributed by atoms with Crippen molar-refractivity contribution in [2.75, 3.05) is 12.8 Å². The Kier molecular flexibility index (Phi) is 3.51. The molecule has 100 valence electrons. The Hall–Kier alpha value is -2.36. The Balaban J connectivity index is 2.42. The lowest BCUT2D eigenvalue weighted by atomic mass is 10.5. The minimum absolute atomic E-state index is 0.224. The number of hydrogen-bond acceptors (Lipinski definition) is 8. The van der Waals surface area contributed by atoms with Gasteiger partial charge in [-0.3, -0.25) is 0 Å². The number of aryl methyl sites for hydroxylation is 1. The minimum atomic E-state index is -0.559. The fraction of sp³-hybridized carbons (Fsp3) is 0.222. The third-order valence-corrected chi connectivity index (χ3v) is 3.42. The molecule has 0 amide bonds. The molecule has 0 saturated heterocycles. The van der Waals surface area contributed by atoms with Crippen molar-refractivity contribution >= 4 is 23.3 Å². The van der Waals surface area contributed by atoms with Gasteiger partial charge in [-0.2, -0.15) is 4.98 Å². The smallest absolute Gasteiger partial charge is 0.396 e. The van der Waals surface area contributed by atoms with Crippen molar-refractivity contribution in [3.63, 3.8) is 0 Å². The molecule has 0 aliphatic carbocycles. The molecule has 0 unspecified atom stereocenters. The molecule has 10 heteroatoms. The highest BCUT2D eigenvalue weighted by atomic mass is 32.2. The van der Waals surface area contributed by atoms with Crippen molar-refractivity contribution in [2.24, 2.45) is 7.05 Å². The van der Waals surface area contributed by atoms with E-state index in [0.29, 0.717) is 10.1 Å². The molecule has 9 nitrogen and oxygen atoms in total. The van der Waals surface area contributed by atoms with E-state index in [2.05, 4.69) is 15.0 Å². The van der Waals surface area contributed by atoms with Crippen molar-refractivity contribution in [1.82, 2.24) is 19.5 Å². The fourth-order valence-corrected chi connectivity index (χ4v) is 2.24. The quantitative estimate of drug-likeness (QED) is 0.497. The molecule has 0 bridgehead atoms. The van der Waals surface area contributed by atoms with Gasteiger partial charge in [0, 0.05) is 7.05 Å². The first-order chi connectivity index (χ1) is 9.04. The molecule has 0 atom stereocenters. The summed E-state index contributed by atoms with van der Waals surface area (Å²) < 4.78 is 6.49. The summed E-state index contributed by atoms with van der Waals surface area (Å²) in [5.74, 6) is -0.0215. The lowest BCUT2D eigenvalue weighted by Gasteiger charge is -2.07. The number of anilines is 1. The number of nitrogen functional groups attached to an aromatic ring is 1. The maximum absolute atomic E-state index is 10.9. The van der Waals surface area contributed by atoms with Crippen molar-refractivity contribution in [3.05, 3.63) is 22.8 Å². The molecular formula is C9H10N6O3S. The van der Waals surface area contributed by atoms with E-state index >= 15 is 0 Å². The van der Waals surface area contributed by atoms with E-state index < -0.39 is 4.92 Å². The van der Waals surface area contributed by atoms with Crippen LogP contribution in [0, 0.1) is 10.1 Å². The molecular weight excluding hydrogens is 272 g/mol. The van der Waals surface area contributed by atoms with E-state index in [1.165, 1.54) is 24.3 Å². The van der Waals surface area contributed by atoms with Crippen LogP contribution in [0.2, 0.25) is 0 Å². The largest absolute Gasteiger partial charge is 0.479 e. The van der Waals surface area contributed by atoms with Gasteiger partial charge in [-0.1, -0.05) is 0 Å². The zero-order valence-corrected chi connectivity index (χ0v) is 10.9. The van der Waals surface area contributed by atoms with Crippen LogP contribution in [0.5, 0.6) is 5.88 Å². The Labute approximate surface area is 112 Å². The first-order valence-electron chi connectivity index (χ1n) is 5.02. The molecule has 2 heterocycles. The highest BCUT2D eigenvalue weighted by Crippen LogP contribution is 2.37. The second kappa shape index (κ2) is 5.10. The Morgan fingerprint density at radius 1 is 1.47 bits per heavy atom. The third kappa shape index (κ3) is 2.42. The van der Waals surface area contributed by atoms with E-state index in [1.807, 2.05) is 0 Å². The molecule has 2 rings (SSSR count).